The molecular weight excluding hydrogens is 474 g/mol. The van der Waals surface area contributed by atoms with Crippen molar-refractivity contribution in [3.63, 3.8) is 0 Å². The van der Waals surface area contributed by atoms with Crippen LogP contribution in [-0.4, -0.2) is 53.5 Å². The molecule has 0 saturated carbocycles. The number of piperidine rings is 1. The number of carbonyl (C=O) groups excluding carboxylic acids is 1. The maximum Gasteiger partial charge on any atom is 0.252 e. The Balaban J connectivity index is 1.26. The normalized spacial score (nSPS) is 14.5. The summed E-state index contributed by atoms with van der Waals surface area (Å²) in [5, 5.41) is 3.28. The Morgan fingerprint density at radius 3 is 2.45 bits per heavy atom. The fourth-order valence-electron chi connectivity index (χ4n) is 5.28. The fraction of sp³-hybridized carbons (Fsp3) is 0.355. The van der Waals surface area contributed by atoms with Gasteiger partial charge in [0.15, 0.2) is 0 Å². The molecule has 0 aliphatic carbocycles. The van der Waals surface area contributed by atoms with E-state index in [1.165, 1.54) is 11.1 Å². The highest BCUT2D eigenvalue weighted by atomic mass is 16.5. The second-order valence-electron chi connectivity index (χ2n) is 10.1. The number of likely N-dealkylation sites (tertiary alicyclic amines) is 1. The van der Waals surface area contributed by atoms with Crippen LogP contribution < -0.4 is 15.0 Å². The summed E-state index contributed by atoms with van der Waals surface area (Å²) in [7, 11) is 3.75. The summed E-state index contributed by atoms with van der Waals surface area (Å²) in [6, 6.07) is 22.7. The maximum absolute atomic E-state index is 13.3. The van der Waals surface area contributed by atoms with Gasteiger partial charge in [0, 0.05) is 45.5 Å². The third kappa shape index (κ3) is 5.83. The predicted octanol–water partition coefficient (Wildman–Crippen LogP) is 4.94. The Morgan fingerprint density at radius 1 is 1.03 bits per heavy atom. The van der Waals surface area contributed by atoms with E-state index in [2.05, 4.69) is 76.0 Å². The van der Waals surface area contributed by atoms with Gasteiger partial charge in [-0.2, -0.15) is 0 Å². The van der Waals surface area contributed by atoms with Crippen LogP contribution in [0.4, 0.5) is 5.82 Å². The van der Waals surface area contributed by atoms with Crippen molar-refractivity contribution in [2.45, 2.75) is 45.3 Å². The SMILES string of the molecule is CCc1nc2ccc(C(=O)NC3CCN(Cc4ccccc4)CC3)cn2c1N(C)Cc1ccc(OC)cc1. The highest BCUT2D eigenvalue weighted by molar-refractivity contribution is 5.94. The highest BCUT2D eigenvalue weighted by Crippen LogP contribution is 2.25. The van der Waals surface area contributed by atoms with E-state index >= 15 is 0 Å². The Kier molecular flexibility index (Phi) is 7.94. The van der Waals surface area contributed by atoms with Crippen molar-refractivity contribution in [1.29, 1.82) is 0 Å². The van der Waals surface area contributed by atoms with E-state index < -0.39 is 0 Å². The molecule has 0 radical (unpaired) electrons. The number of pyridine rings is 1. The third-order valence-electron chi connectivity index (χ3n) is 7.37. The Bertz CT molecular complexity index is 1360. The first-order valence-corrected chi connectivity index (χ1v) is 13.5. The minimum Gasteiger partial charge on any atom is -0.497 e. The van der Waals surface area contributed by atoms with Crippen LogP contribution in [0.25, 0.3) is 5.65 Å². The van der Waals surface area contributed by atoms with Crippen LogP contribution in [0.5, 0.6) is 5.75 Å². The Morgan fingerprint density at radius 2 is 1.76 bits per heavy atom. The number of nitrogens with zero attached hydrogens (tertiary/aromatic N) is 4. The molecule has 0 bridgehead atoms. The van der Waals surface area contributed by atoms with Crippen molar-refractivity contribution in [2.24, 2.45) is 0 Å². The van der Waals surface area contributed by atoms with Gasteiger partial charge in [-0.05, 0) is 54.7 Å². The summed E-state index contributed by atoms with van der Waals surface area (Å²) in [5.74, 6) is 1.84. The van der Waals surface area contributed by atoms with Crippen molar-refractivity contribution in [1.82, 2.24) is 19.6 Å². The minimum absolute atomic E-state index is 0.0242. The molecule has 0 atom stereocenters. The van der Waals surface area contributed by atoms with E-state index in [-0.39, 0.29) is 11.9 Å². The number of fused-ring (bicyclic) bond motifs is 1. The van der Waals surface area contributed by atoms with Gasteiger partial charge >= 0.3 is 0 Å². The van der Waals surface area contributed by atoms with E-state index in [1.54, 1.807) is 7.11 Å². The van der Waals surface area contributed by atoms with E-state index in [4.69, 9.17) is 9.72 Å². The number of aromatic nitrogens is 2. The van der Waals surface area contributed by atoms with Crippen LogP contribution >= 0.6 is 0 Å². The van der Waals surface area contributed by atoms with Gasteiger partial charge in [0.05, 0.1) is 18.4 Å². The van der Waals surface area contributed by atoms with Gasteiger partial charge in [0.1, 0.15) is 17.2 Å². The number of aryl methyl sites for hydroxylation is 1. The maximum atomic E-state index is 13.3. The van der Waals surface area contributed by atoms with Crippen LogP contribution in [0.2, 0.25) is 0 Å². The number of imidazole rings is 1. The first kappa shape index (κ1) is 25.8. The summed E-state index contributed by atoms with van der Waals surface area (Å²) in [5.41, 5.74) is 5.04. The molecule has 198 valence electrons. The van der Waals surface area contributed by atoms with E-state index in [0.29, 0.717) is 5.56 Å². The molecule has 7 nitrogen and oxygen atoms in total. The lowest BCUT2D eigenvalue weighted by Gasteiger charge is -2.32. The molecule has 0 unspecified atom stereocenters. The molecule has 7 heteroatoms. The average Bonchev–Trinajstić information content (AvgIpc) is 3.33. The van der Waals surface area contributed by atoms with Gasteiger partial charge in [-0.15, -0.1) is 0 Å². The molecule has 38 heavy (non-hydrogen) atoms. The monoisotopic (exact) mass is 511 g/mol. The van der Waals surface area contributed by atoms with Crippen molar-refractivity contribution in [3.05, 3.63) is 95.3 Å². The number of amides is 1. The van der Waals surface area contributed by atoms with Gasteiger partial charge in [-0.3, -0.25) is 14.1 Å². The number of benzene rings is 2. The number of rotatable bonds is 9. The summed E-state index contributed by atoms with van der Waals surface area (Å²) in [4.78, 5) is 22.8. The summed E-state index contributed by atoms with van der Waals surface area (Å²) in [6.07, 6.45) is 4.66. The Hall–Kier alpha value is -3.84. The topological polar surface area (TPSA) is 62.1 Å². The number of ether oxygens (including phenoxy) is 1. The highest BCUT2D eigenvalue weighted by Gasteiger charge is 2.22. The fourth-order valence-corrected chi connectivity index (χ4v) is 5.28. The quantitative estimate of drug-likeness (QED) is 0.345. The smallest absolute Gasteiger partial charge is 0.252 e. The summed E-state index contributed by atoms with van der Waals surface area (Å²) < 4.78 is 7.35. The van der Waals surface area contributed by atoms with Crippen molar-refractivity contribution >= 4 is 17.4 Å². The van der Waals surface area contributed by atoms with E-state index in [0.717, 1.165) is 68.3 Å². The zero-order chi connectivity index (χ0) is 26.5. The minimum atomic E-state index is -0.0242. The zero-order valence-electron chi connectivity index (χ0n) is 22.6. The largest absolute Gasteiger partial charge is 0.497 e. The van der Waals surface area contributed by atoms with Gasteiger partial charge in [0.25, 0.3) is 5.91 Å². The molecule has 3 heterocycles. The van der Waals surface area contributed by atoms with Crippen LogP contribution in [0.3, 0.4) is 0 Å². The molecular formula is C31H37N5O2. The molecule has 1 fully saturated rings. The average molecular weight is 512 g/mol. The lowest BCUT2D eigenvalue weighted by atomic mass is 10.0. The number of carbonyl (C=O) groups is 1. The molecule has 1 amide bonds. The summed E-state index contributed by atoms with van der Waals surface area (Å²) in [6.45, 7) is 5.78. The van der Waals surface area contributed by atoms with Gasteiger partial charge in [-0.25, -0.2) is 4.98 Å². The number of methoxy groups -OCH3 is 1. The van der Waals surface area contributed by atoms with Crippen molar-refractivity contribution < 1.29 is 9.53 Å². The van der Waals surface area contributed by atoms with Crippen LogP contribution in [0.15, 0.2) is 72.9 Å². The standard InChI is InChI=1S/C31H37N5O2/c1-4-28-31(34(2)20-24-10-13-27(38-3)14-11-24)36-22-25(12-15-29(36)33-28)30(37)32-26-16-18-35(19-17-26)21-23-8-6-5-7-9-23/h5-15,22,26H,4,16-21H2,1-3H3,(H,32,37). The molecule has 0 spiro atoms. The molecule has 1 N–H and O–H groups in total. The number of nitrogens with one attached hydrogen (secondary N) is 1. The molecule has 2 aromatic carbocycles. The molecule has 2 aromatic heterocycles. The van der Waals surface area contributed by atoms with E-state index in [1.807, 2.05) is 30.5 Å². The second kappa shape index (κ2) is 11.7. The zero-order valence-corrected chi connectivity index (χ0v) is 22.6. The van der Waals surface area contributed by atoms with Gasteiger partial charge < -0.3 is 15.0 Å². The third-order valence-corrected chi connectivity index (χ3v) is 7.37. The van der Waals surface area contributed by atoms with Gasteiger partial charge in [-0.1, -0.05) is 49.4 Å². The molecule has 4 aromatic rings. The van der Waals surface area contributed by atoms with Crippen LogP contribution in [-0.2, 0) is 19.5 Å². The number of hydrogen-bond acceptors (Lipinski definition) is 5. The predicted molar refractivity (Wildman–Crippen MR) is 152 cm³/mol. The first-order valence-electron chi connectivity index (χ1n) is 13.5. The van der Waals surface area contributed by atoms with Gasteiger partial charge in [0.2, 0.25) is 0 Å². The number of anilines is 1. The Labute approximate surface area is 225 Å². The molecule has 5 rings (SSSR count). The molecule has 1 aliphatic heterocycles. The van der Waals surface area contributed by atoms with Crippen molar-refractivity contribution in [2.75, 3.05) is 32.1 Å². The first-order chi connectivity index (χ1) is 18.5. The molecule has 1 aliphatic rings. The number of hydrogen-bond donors (Lipinski definition) is 1. The van der Waals surface area contributed by atoms with Crippen molar-refractivity contribution in [3.8, 4) is 5.75 Å². The van der Waals surface area contributed by atoms with E-state index in [9.17, 15) is 4.79 Å². The lowest BCUT2D eigenvalue weighted by molar-refractivity contribution is 0.0908. The van der Waals surface area contributed by atoms with Crippen LogP contribution in [0, 0.1) is 0 Å². The lowest BCUT2D eigenvalue weighted by Crippen LogP contribution is -2.44. The second-order valence-corrected chi connectivity index (χ2v) is 10.1. The van der Waals surface area contributed by atoms with Crippen LogP contribution in [0.1, 0.15) is 46.9 Å². The molecule has 1 saturated heterocycles. The summed E-state index contributed by atoms with van der Waals surface area (Å²) >= 11 is 0.